The van der Waals surface area contributed by atoms with Crippen LogP contribution in [0.15, 0.2) is 33.5 Å². The van der Waals surface area contributed by atoms with Gasteiger partial charge in [-0.3, -0.25) is 9.59 Å². The van der Waals surface area contributed by atoms with Crippen molar-refractivity contribution in [1.29, 1.82) is 0 Å². The molecule has 0 bridgehead atoms. The zero-order chi connectivity index (χ0) is 12.6. The molecule has 5 heteroatoms. The standard InChI is InChI=1S/C12H10ClNO3/c1-14(2)12(16)11-6-9(15)8-5-7(13)3-4-10(8)17-11/h3-6H,1-2H3. The molecule has 0 aliphatic rings. The molecule has 0 aliphatic carbocycles. The van der Waals surface area contributed by atoms with Crippen molar-refractivity contribution in [3.63, 3.8) is 0 Å². The van der Waals surface area contributed by atoms with Gasteiger partial charge < -0.3 is 9.32 Å². The van der Waals surface area contributed by atoms with E-state index in [9.17, 15) is 9.59 Å². The Morgan fingerprint density at radius 1 is 1.29 bits per heavy atom. The maximum absolute atomic E-state index is 11.8. The van der Waals surface area contributed by atoms with Crippen molar-refractivity contribution >= 4 is 28.5 Å². The first kappa shape index (κ1) is 11.7. The molecule has 88 valence electrons. The van der Waals surface area contributed by atoms with Crippen LogP contribution in [0.25, 0.3) is 11.0 Å². The van der Waals surface area contributed by atoms with E-state index >= 15 is 0 Å². The van der Waals surface area contributed by atoms with Crippen molar-refractivity contribution in [2.45, 2.75) is 0 Å². The van der Waals surface area contributed by atoms with Gasteiger partial charge in [0.1, 0.15) is 5.58 Å². The second-order valence-corrected chi connectivity index (χ2v) is 4.25. The Balaban J connectivity index is 2.68. The maximum Gasteiger partial charge on any atom is 0.289 e. The fraction of sp³-hybridized carbons (Fsp3) is 0.167. The van der Waals surface area contributed by atoms with Gasteiger partial charge in [0.25, 0.3) is 5.91 Å². The fourth-order valence-corrected chi connectivity index (χ4v) is 1.63. The van der Waals surface area contributed by atoms with Gasteiger partial charge in [-0.05, 0) is 18.2 Å². The van der Waals surface area contributed by atoms with E-state index < -0.39 is 0 Å². The number of nitrogens with zero attached hydrogens (tertiary/aromatic N) is 1. The number of hydrogen-bond donors (Lipinski definition) is 0. The average molecular weight is 252 g/mol. The molecule has 1 amide bonds. The Morgan fingerprint density at radius 3 is 2.65 bits per heavy atom. The molecule has 0 saturated heterocycles. The van der Waals surface area contributed by atoms with Gasteiger partial charge in [0.05, 0.1) is 5.39 Å². The minimum Gasteiger partial charge on any atom is -0.451 e. The van der Waals surface area contributed by atoms with E-state index in [4.69, 9.17) is 16.0 Å². The third-order valence-corrected chi connectivity index (χ3v) is 2.54. The van der Waals surface area contributed by atoms with Gasteiger partial charge >= 0.3 is 0 Å². The van der Waals surface area contributed by atoms with Gasteiger partial charge in [0, 0.05) is 25.2 Å². The molecule has 1 aromatic heterocycles. The molecular weight excluding hydrogens is 242 g/mol. The summed E-state index contributed by atoms with van der Waals surface area (Å²) in [5.74, 6) is -0.325. The van der Waals surface area contributed by atoms with Crippen molar-refractivity contribution in [2.75, 3.05) is 14.1 Å². The molecule has 0 fully saturated rings. The molecular formula is C12H10ClNO3. The fourth-order valence-electron chi connectivity index (χ4n) is 1.45. The van der Waals surface area contributed by atoms with Crippen molar-refractivity contribution in [1.82, 2.24) is 4.90 Å². The monoisotopic (exact) mass is 251 g/mol. The first-order chi connectivity index (χ1) is 7.99. The topological polar surface area (TPSA) is 50.5 Å². The van der Waals surface area contributed by atoms with E-state index in [1.54, 1.807) is 26.2 Å². The van der Waals surface area contributed by atoms with E-state index in [1.165, 1.54) is 17.0 Å². The number of carbonyl (C=O) groups is 1. The van der Waals surface area contributed by atoms with Crippen LogP contribution in [0, 0.1) is 0 Å². The van der Waals surface area contributed by atoms with E-state index in [0.717, 1.165) is 0 Å². The molecule has 4 nitrogen and oxygen atoms in total. The molecule has 0 N–H and O–H groups in total. The second-order valence-electron chi connectivity index (χ2n) is 3.81. The molecule has 1 heterocycles. The highest BCUT2D eigenvalue weighted by molar-refractivity contribution is 6.31. The first-order valence-electron chi connectivity index (χ1n) is 4.94. The van der Waals surface area contributed by atoms with Crippen LogP contribution in [0.4, 0.5) is 0 Å². The molecule has 2 rings (SSSR count). The quantitative estimate of drug-likeness (QED) is 0.780. The van der Waals surface area contributed by atoms with Crippen LogP contribution in [0.2, 0.25) is 5.02 Å². The molecule has 0 atom stereocenters. The molecule has 0 aliphatic heterocycles. The smallest absolute Gasteiger partial charge is 0.289 e. The number of carbonyl (C=O) groups excluding carboxylic acids is 1. The van der Waals surface area contributed by atoms with Gasteiger partial charge in [-0.2, -0.15) is 0 Å². The highest BCUT2D eigenvalue weighted by Crippen LogP contribution is 2.17. The summed E-state index contributed by atoms with van der Waals surface area (Å²) in [6.45, 7) is 0. The molecule has 0 saturated carbocycles. The van der Waals surface area contributed by atoms with Gasteiger partial charge in [-0.15, -0.1) is 0 Å². The number of fused-ring (bicyclic) bond motifs is 1. The summed E-state index contributed by atoms with van der Waals surface area (Å²) in [5, 5.41) is 0.823. The predicted octanol–water partition coefficient (Wildman–Crippen LogP) is 2.15. The summed E-state index contributed by atoms with van der Waals surface area (Å²) >= 11 is 5.79. The Labute approximate surface area is 102 Å². The minimum atomic E-state index is -0.348. The van der Waals surface area contributed by atoms with Crippen molar-refractivity contribution in [2.24, 2.45) is 0 Å². The highest BCUT2D eigenvalue weighted by Gasteiger charge is 2.13. The highest BCUT2D eigenvalue weighted by atomic mass is 35.5. The molecule has 2 aromatic rings. The summed E-state index contributed by atoms with van der Waals surface area (Å²) in [6.07, 6.45) is 0. The normalized spacial score (nSPS) is 10.5. The number of hydrogen-bond acceptors (Lipinski definition) is 3. The molecule has 17 heavy (non-hydrogen) atoms. The van der Waals surface area contributed by atoms with Gasteiger partial charge in [-0.25, -0.2) is 0 Å². The summed E-state index contributed by atoms with van der Waals surface area (Å²) < 4.78 is 5.37. The van der Waals surface area contributed by atoms with E-state index in [-0.39, 0.29) is 17.1 Å². The van der Waals surface area contributed by atoms with Crippen LogP contribution in [0.1, 0.15) is 10.6 Å². The Hall–Kier alpha value is -1.81. The van der Waals surface area contributed by atoms with Crippen LogP contribution < -0.4 is 5.43 Å². The molecule has 0 radical (unpaired) electrons. The van der Waals surface area contributed by atoms with E-state index in [2.05, 4.69) is 0 Å². The van der Waals surface area contributed by atoms with Crippen molar-refractivity contribution < 1.29 is 9.21 Å². The average Bonchev–Trinajstić information content (AvgIpc) is 2.28. The molecule has 0 spiro atoms. The number of halogens is 1. The van der Waals surface area contributed by atoms with Crippen LogP contribution in [-0.4, -0.2) is 24.9 Å². The first-order valence-corrected chi connectivity index (χ1v) is 5.32. The van der Waals surface area contributed by atoms with E-state index in [0.29, 0.717) is 16.0 Å². The summed E-state index contributed by atoms with van der Waals surface area (Å²) in [6, 6.07) is 5.88. The lowest BCUT2D eigenvalue weighted by molar-refractivity contribution is 0.0797. The van der Waals surface area contributed by atoms with E-state index in [1.807, 2.05) is 0 Å². The number of rotatable bonds is 1. The molecule has 1 aromatic carbocycles. The lowest BCUT2D eigenvalue weighted by atomic mass is 10.2. The minimum absolute atomic E-state index is 0.0230. The zero-order valence-corrected chi connectivity index (χ0v) is 10.1. The number of benzene rings is 1. The summed E-state index contributed by atoms with van der Waals surface area (Å²) in [4.78, 5) is 24.8. The van der Waals surface area contributed by atoms with Crippen LogP contribution in [-0.2, 0) is 0 Å². The molecule has 0 unspecified atom stereocenters. The van der Waals surface area contributed by atoms with Crippen LogP contribution >= 0.6 is 11.6 Å². The van der Waals surface area contributed by atoms with Gasteiger partial charge in [0.15, 0.2) is 11.2 Å². The summed E-state index contributed by atoms with van der Waals surface area (Å²) in [7, 11) is 3.18. The maximum atomic E-state index is 11.8. The number of amides is 1. The Bertz CT molecular complexity index is 646. The third-order valence-electron chi connectivity index (χ3n) is 2.31. The van der Waals surface area contributed by atoms with Crippen molar-refractivity contribution in [3.8, 4) is 0 Å². The lowest BCUT2D eigenvalue weighted by Gasteiger charge is -2.09. The second kappa shape index (κ2) is 4.22. The van der Waals surface area contributed by atoms with Gasteiger partial charge in [-0.1, -0.05) is 11.6 Å². The largest absolute Gasteiger partial charge is 0.451 e. The van der Waals surface area contributed by atoms with Crippen LogP contribution in [0.3, 0.4) is 0 Å². The Kier molecular flexibility index (Phi) is 2.90. The van der Waals surface area contributed by atoms with Crippen LogP contribution in [0.5, 0.6) is 0 Å². The predicted molar refractivity (Wildman–Crippen MR) is 65.5 cm³/mol. The SMILES string of the molecule is CN(C)C(=O)c1cc(=O)c2cc(Cl)ccc2o1. The summed E-state index contributed by atoms with van der Waals surface area (Å²) in [5.41, 5.74) is 0.0750. The zero-order valence-electron chi connectivity index (χ0n) is 9.36. The van der Waals surface area contributed by atoms with Crippen molar-refractivity contribution in [3.05, 3.63) is 45.3 Å². The Morgan fingerprint density at radius 2 is 2.00 bits per heavy atom. The third kappa shape index (κ3) is 2.17. The van der Waals surface area contributed by atoms with Gasteiger partial charge in [0.2, 0.25) is 0 Å². The lowest BCUT2D eigenvalue weighted by Crippen LogP contribution is -2.22.